The van der Waals surface area contributed by atoms with E-state index in [4.69, 9.17) is 4.74 Å². The van der Waals surface area contributed by atoms with Gasteiger partial charge in [0.15, 0.2) is 5.13 Å². The number of amides is 1. The van der Waals surface area contributed by atoms with Crippen molar-refractivity contribution in [1.82, 2.24) is 4.98 Å². The quantitative estimate of drug-likeness (QED) is 0.873. The normalized spacial score (nSPS) is 10.6. The maximum atomic E-state index is 11.6. The lowest BCUT2D eigenvalue weighted by Crippen LogP contribution is -2.10. The Bertz CT molecular complexity index is 566. The highest BCUT2D eigenvalue weighted by molar-refractivity contribution is 7.22. The number of nitrogens with zero attached hydrogens (tertiary/aromatic N) is 1. The summed E-state index contributed by atoms with van der Waals surface area (Å²) >= 11 is 1.48. The Hall–Kier alpha value is -1.62. The van der Waals surface area contributed by atoms with Gasteiger partial charge >= 0.3 is 0 Å². The van der Waals surface area contributed by atoms with Crippen LogP contribution in [-0.2, 0) is 4.79 Å². The number of benzene rings is 1. The number of unbranched alkanes of at least 4 members (excludes halogenated alkanes) is 1. The van der Waals surface area contributed by atoms with E-state index in [2.05, 4.69) is 17.2 Å². The van der Waals surface area contributed by atoms with Crippen molar-refractivity contribution in [3.63, 3.8) is 0 Å². The highest BCUT2D eigenvalue weighted by Gasteiger charge is 2.08. The van der Waals surface area contributed by atoms with E-state index in [0.29, 0.717) is 18.2 Å². The van der Waals surface area contributed by atoms with Crippen LogP contribution in [0.3, 0.4) is 0 Å². The fourth-order valence-electron chi connectivity index (χ4n) is 1.73. The summed E-state index contributed by atoms with van der Waals surface area (Å²) < 4.78 is 6.47. The van der Waals surface area contributed by atoms with E-state index in [1.165, 1.54) is 11.3 Å². The summed E-state index contributed by atoms with van der Waals surface area (Å²) in [7, 11) is 0. The maximum absolute atomic E-state index is 11.6. The van der Waals surface area contributed by atoms with Gasteiger partial charge in [-0.05, 0) is 31.5 Å². The lowest BCUT2D eigenvalue weighted by Gasteiger charge is -2.00. The number of hydrogen-bond acceptors (Lipinski definition) is 4. The van der Waals surface area contributed by atoms with Crippen molar-refractivity contribution in [2.45, 2.75) is 33.1 Å². The van der Waals surface area contributed by atoms with Crippen molar-refractivity contribution in [1.29, 1.82) is 0 Å². The van der Waals surface area contributed by atoms with Crippen LogP contribution in [0.5, 0.6) is 5.75 Å². The van der Waals surface area contributed by atoms with Crippen LogP contribution in [0.4, 0.5) is 5.13 Å². The summed E-state index contributed by atoms with van der Waals surface area (Å²) in [4.78, 5) is 16.0. The minimum atomic E-state index is 0.0333. The Morgan fingerprint density at radius 3 is 3.00 bits per heavy atom. The predicted molar refractivity (Wildman–Crippen MR) is 78.9 cm³/mol. The number of thiazole rings is 1. The molecule has 0 spiro atoms. The predicted octanol–water partition coefficient (Wildman–Crippen LogP) is 3.82. The van der Waals surface area contributed by atoms with E-state index in [1.807, 2.05) is 25.1 Å². The smallest absolute Gasteiger partial charge is 0.226 e. The molecule has 0 fully saturated rings. The zero-order valence-corrected chi connectivity index (χ0v) is 12.0. The lowest BCUT2D eigenvalue weighted by atomic mass is 10.2. The molecule has 1 amide bonds. The van der Waals surface area contributed by atoms with Crippen molar-refractivity contribution in [2.75, 3.05) is 11.9 Å². The monoisotopic (exact) mass is 278 g/mol. The number of nitrogens with one attached hydrogen (secondary N) is 1. The standard InChI is InChI=1S/C14H18N2O2S/c1-3-5-6-13(17)16-14-15-11-8-7-10(18-4-2)9-12(11)19-14/h7-9H,3-6H2,1-2H3,(H,15,16,17). The van der Waals surface area contributed by atoms with Gasteiger partial charge in [0, 0.05) is 6.42 Å². The molecule has 2 aromatic rings. The molecule has 19 heavy (non-hydrogen) atoms. The minimum absolute atomic E-state index is 0.0333. The third kappa shape index (κ3) is 3.67. The van der Waals surface area contributed by atoms with Crippen LogP contribution >= 0.6 is 11.3 Å². The molecule has 0 atom stereocenters. The molecular weight excluding hydrogens is 260 g/mol. The highest BCUT2D eigenvalue weighted by Crippen LogP contribution is 2.29. The van der Waals surface area contributed by atoms with E-state index in [0.717, 1.165) is 28.8 Å². The average Bonchev–Trinajstić information content (AvgIpc) is 2.78. The first-order valence-electron chi connectivity index (χ1n) is 6.56. The Balaban J connectivity index is 2.10. The Morgan fingerprint density at radius 1 is 1.42 bits per heavy atom. The van der Waals surface area contributed by atoms with Crippen molar-refractivity contribution < 1.29 is 9.53 Å². The molecule has 0 radical (unpaired) electrons. The zero-order chi connectivity index (χ0) is 13.7. The van der Waals surface area contributed by atoms with Gasteiger partial charge in [-0.2, -0.15) is 0 Å². The molecule has 1 N–H and O–H groups in total. The molecule has 0 unspecified atom stereocenters. The summed E-state index contributed by atoms with van der Waals surface area (Å²) in [6.45, 7) is 4.67. The van der Waals surface area contributed by atoms with Gasteiger partial charge in [-0.15, -0.1) is 0 Å². The van der Waals surface area contributed by atoms with Crippen LogP contribution in [0.1, 0.15) is 33.1 Å². The zero-order valence-electron chi connectivity index (χ0n) is 11.2. The second kappa shape index (κ2) is 6.52. The number of carbonyl (C=O) groups excluding carboxylic acids is 1. The molecule has 4 nitrogen and oxygen atoms in total. The molecule has 0 saturated carbocycles. The van der Waals surface area contributed by atoms with Gasteiger partial charge in [0.25, 0.3) is 0 Å². The molecule has 5 heteroatoms. The van der Waals surface area contributed by atoms with Gasteiger partial charge in [0.2, 0.25) is 5.91 Å². The van der Waals surface area contributed by atoms with Crippen molar-refractivity contribution in [3.8, 4) is 5.75 Å². The number of hydrogen-bond donors (Lipinski definition) is 1. The number of rotatable bonds is 6. The number of carbonyl (C=O) groups is 1. The first kappa shape index (κ1) is 13.8. The van der Waals surface area contributed by atoms with Crippen molar-refractivity contribution in [3.05, 3.63) is 18.2 Å². The molecule has 1 heterocycles. The summed E-state index contributed by atoms with van der Waals surface area (Å²) in [5.74, 6) is 0.869. The Kier molecular flexibility index (Phi) is 4.74. The van der Waals surface area contributed by atoms with Crippen LogP contribution in [-0.4, -0.2) is 17.5 Å². The maximum Gasteiger partial charge on any atom is 0.226 e. The molecule has 2 rings (SSSR count). The fourth-order valence-corrected chi connectivity index (χ4v) is 2.64. The second-order valence-corrected chi connectivity index (χ2v) is 5.26. The summed E-state index contributed by atoms with van der Waals surface area (Å²) in [5, 5.41) is 3.50. The molecule has 0 aliphatic rings. The number of anilines is 1. The molecule has 1 aromatic heterocycles. The third-order valence-corrected chi connectivity index (χ3v) is 3.61. The van der Waals surface area contributed by atoms with Crippen molar-refractivity contribution in [2.24, 2.45) is 0 Å². The summed E-state index contributed by atoms with van der Waals surface area (Å²) in [5.41, 5.74) is 0.888. The van der Waals surface area contributed by atoms with Crippen LogP contribution in [0.25, 0.3) is 10.2 Å². The number of aromatic nitrogens is 1. The SMILES string of the molecule is CCCCC(=O)Nc1nc2ccc(OCC)cc2s1. The Morgan fingerprint density at radius 2 is 2.26 bits per heavy atom. The van der Waals surface area contributed by atoms with E-state index >= 15 is 0 Å². The molecule has 0 aliphatic heterocycles. The number of ether oxygens (including phenoxy) is 1. The van der Waals surface area contributed by atoms with Crippen LogP contribution < -0.4 is 10.1 Å². The Labute approximate surface area is 116 Å². The molecule has 1 aromatic carbocycles. The topological polar surface area (TPSA) is 51.2 Å². The second-order valence-electron chi connectivity index (χ2n) is 4.23. The average molecular weight is 278 g/mol. The molecule has 0 aliphatic carbocycles. The first-order valence-corrected chi connectivity index (χ1v) is 7.37. The first-order chi connectivity index (χ1) is 9.22. The molecule has 0 saturated heterocycles. The van der Waals surface area contributed by atoms with Gasteiger partial charge in [-0.3, -0.25) is 4.79 Å². The molecule has 102 valence electrons. The van der Waals surface area contributed by atoms with E-state index in [9.17, 15) is 4.79 Å². The van der Waals surface area contributed by atoms with Gasteiger partial charge in [-0.25, -0.2) is 4.98 Å². The molecule has 0 bridgehead atoms. The van der Waals surface area contributed by atoms with Gasteiger partial charge in [0.05, 0.1) is 16.8 Å². The van der Waals surface area contributed by atoms with E-state index in [-0.39, 0.29) is 5.91 Å². The van der Waals surface area contributed by atoms with Gasteiger partial charge < -0.3 is 10.1 Å². The van der Waals surface area contributed by atoms with Gasteiger partial charge in [-0.1, -0.05) is 24.7 Å². The van der Waals surface area contributed by atoms with E-state index < -0.39 is 0 Å². The van der Waals surface area contributed by atoms with Crippen molar-refractivity contribution >= 4 is 32.6 Å². The van der Waals surface area contributed by atoms with Crippen LogP contribution in [0.15, 0.2) is 18.2 Å². The highest BCUT2D eigenvalue weighted by atomic mass is 32.1. The van der Waals surface area contributed by atoms with E-state index in [1.54, 1.807) is 0 Å². The summed E-state index contributed by atoms with van der Waals surface area (Å²) in [6, 6.07) is 5.77. The minimum Gasteiger partial charge on any atom is -0.494 e. The van der Waals surface area contributed by atoms with Crippen LogP contribution in [0, 0.1) is 0 Å². The fraction of sp³-hybridized carbons (Fsp3) is 0.429. The summed E-state index contributed by atoms with van der Waals surface area (Å²) in [6.07, 6.45) is 2.48. The third-order valence-electron chi connectivity index (χ3n) is 2.67. The largest absolute Gasteiger partial charge is 0.494 e. The number of fused-ring (bicyclic) bond motifs is 1. The lowest BCUT2D eigenvalue weighted by molar-refractivity contribution is -0.116. The van der Waals surface area contributed by atoms with Crippen LogP contribution in [0.2, 0.25) is 0 Å². The molecular formula is C14H18N2O2S. The van der Waals surface area contributed by atoms with Gasteiger partial charge in [0.1, 0.15) is 5.75 Å².